The Morgan fingerprint density at radius 3 is 1.43 bits per heavy atom. The minimum atomic E-state index is -4.44. The van der Waals surface area contributed by atoms with Crippen LogP contribution < -0.4 is 9.47 Å². The van der Waals surface area contributed by atoms with Gasteiger partial charge in [-0.1, -0.05) is 36.4 Å². The molecule has 0 radical (unpaired) electrons. The SMILES string of the molecule is Cc1ccccc1SCCC(Oc1ccc(C(F)(F)F)cc1)C(=O)O.O=C(O)C(CCSc1ccccc1)Oc1ccc(C(F)(F)F)cc1. The summed E-state index contributed by atoms with van der Waals surface area (Å²) in [6.07, 6.45) is -10.6. The van der Waals surface area contributed by atoms with E-state index >= 15 is 0 Å². The molecule has 49 heavy (non-hydrogen) atoms. The van der Waals surface area contributed by atoms with Gasteiger partial charge in [0, 0.05) is 34.1 Å². The summed E-state index contributed by atoms with van der Waals surface area (Å²) >= 11 is 3.01. The molecule has 0 spiro atoms. The van der Waals surface area contributed by atoms with Crippen LogP contribution in [-0.2, 0) is 21.9 Å². The number of alkyl halides is 6. The molecule has 262 valence electrons. The van der Waals surface area contributed by atoms with Gasteiger partial charge in [-0.15, -0.1) is 23.5 Å². The largest absolute Gasteiger partial charge is 0.479 e. The zero-order valence-corrected chi connectivity index (χ0v) is 27.5. The van der Waals surface area contributed by atoms with Gasteiger partial charge in [-0.3, -0.25) is 0 Å². The predicted octanol–water partition coefficient (Wildman–Crippen LogP) is 9.75. The van der Waals surface area contributed by atoms with Gasteiger partial charge in [-0.25, -0.2) is 9.59 Å². The maximum absolute atomic E-state index is 12.5. The predicted molar refractivity (Wildman–Crippen MR) is 175 cm³/mol. The van der Waals surface area contributed by atoms with Gasteiger partial charge in [0.2, 0.25) is 0 Å². The van der Waals surface area contributed by atoms with E-state index in [4.69, 9.17) is 9.47 Å². The summed E-state index contributed by atoms with van der Waals surface area (Å²) in [6.45, 7) is 1.97. The zero-order chi connectivity index (χ0) is 36.0. The number of ether oxygens (including phenoxy) is 2. The van der Waals surface area contributed by atoms with Gasteiger partial charge >= 0.3 is 24.3 Å². The number of hydrogen-bond donors (Lipinski definition) is 2. The van der Waals surface area contributed by atoms with E-state index in [2.05, 4.69) is 0 Å². The van der Waals surface area contributed by atoms with Crippen molar-refractivity contribution < 1.29 is 55.6 Å². The molecule has 4 aromatic rings. The highest BCUT2D eigenvalue weighted by molar-refractivity contribution is 7.99. The van der Waals surface area contributed by atoms with Crippen LogP contribution in [0.3, 0.4) is 0 Å². The first-order chi connectivity index (χ1) is 23.1. The Labute approximate surface area is 287 Å². The molecule has 0 aliphatic carbocycles. The third kappa shape index (κ3) is 13.6. The normalized spacial score (nSPS) is 12.6. The fourth-order valence-electron chi connectivity index (χ4n) is 4.03. The molecular formula is C35H32F6O6S2. The lowest BCUT2D eigenvalue weighted by Crippen LogP contribution is -2.27. The minimum absolute atomic E-state index is 0.0973. The molecule has 4 aromatic carbocycles. The number of aryl methyl sites for hydroxylation is 1. The van der Waals surface area contributed by atoms with Crippen LogP contribution in [0.15, 0.2) is 113 Å². The molecule has 0 aliphatic rings. The average Bonchev–Trinajstić information content (AvgIpc) is 3.05. The molecule has 0 saturated carbocycles. The lowest BCUT2D eigenvalue weighted by atomic mass is 10.2. The Bertz CT molecular complexity index is 1620. The summed E-state index contributed by atoms with van der Waals surface area (Å²) in [4.78, 5) is 24.7. The van der Waals surface area contributed by atoms with Crippen molar-refractivity contribution in [2.45, 2.75) is 54.1 Å². The summed E-state index contributed by atoms with van der Waals surface area (Å²) in [5, 5.41) is 18.5. The molecular weight excluding hydrogens is 695 g/mol. The summed E-state index contributed by atoms with van der Waals surface area (Å²) < 4.78 is 85.7. The van der Waals surface area contributed by atoms with Crippen LogP contribution in [0.4, 0.5) is 26.3 Å². The van der Waals surface area contributed by atoms with E-state index in [-0.39, 0.29) is 24.3 Å². The van der Waals surface area contributed by atoms with Gasteiger partial charge in [0.05, 0.1) is 11.1 Å². The highest BCUT2D eigenvalue weighted by Gasteiger charge is 2.31. The molecule has 4 rings (SSSR count). The molecule has 0 saturated heterocycles. The van der Waals surface area contributed by atoms with E-state index in [1.54, 1.807) is 0 Å². The number of thioether (sulfide) groups is 2. The standard InChI is InChI=1S/C18H17F3O3S.C17H15F3O3S/c1-12-4-2-3-5-16(12)25-11-10-15(17(22)23)24-14-8-6-13(7-9-14)18(19,20)21;18-17(19,20)12-6-8-13(9-7-12)23-15(16(21)22)10-11-24-14-4-2-1-3-5-14/h2-9,15H,10-11H2,1H3,(H,22,23);1-9,15H,10-11H2,(H,21,22). The Morgan fingerprint density at radius 2 is 1.02 bits per heavy atom. The summed E-state index contributed by atoms with van der Waals surface area (Å²) in [5.41, 5.74) is -0.508. The van der Waals surface area contributed by atoms with Gasteiger partial charge in [0.15, 0.2) is 12.2 Å². The third-order valence-corrected chi connectivity index (χ3v) is 8.85. The zero-order valence-electron chi connectivity index (χ0n) is 25.9. The van der Waals surface area contributed by atoms with Crippen LogP contribution in [0.1, 0.15) is 29.5 Å². The van der Waals surface area contributed by atoms with Crippen molar-refractivity contribution in [2.75, 3.05) is 11.5 Å². The van der Waals surface area contributed by atoms with E-state index in [1.165, 1.54) is 23.5 Å². The first-order valence-electron chi connectivity index (χ1n) is 14.6. The monoisotopic (exact) mass is 726 g/mol. The van der Waals surface area contributed by atoms with Gasteiger partial charge in [-0.2, -0.15) is 26.3 Å². The fraction of sp³-hybridized carbons (Fsp3) is 0.257. The number of carbonyl (C=O) groups is 2. The molecule has 0 heterocycles. The molecule has 2 N–H and O–H groups in total. The van der Waals surface area contributed by atoms with E-state index < -0.39 is 47.6 Å². The van der Waals surface area contributed by atoms with Gasteiger partial charge in [0.1, 0.15) is 11.5 Å². The third-order valence-electron chi connectivity index (χ3n) is 6.59. The molecule has 0 aromatic heterocycles. The number of benzene rings is 4. The first-order valence-corrected chi connectivity index (χ1v) is 16.6. The first kappa shape index (κ1) is 39.1. The molecule has 14 heteroatoms. The topological polar surface area (TPSA) is 93.1 Å². The number of rotatable bonds is 14. The molecule has 0 bridgehead atoms. The molecule has 0 fully saturated rings. The Hall–Kier alpha value is -4.30. The van der Waals surface area contributed by atoms with E-state index in [1.807, 2.05) is 61.5 Å². The number of carboxylic acids is 2. The van der Waals surface area contributed by atoms with Gasteiger partial charge in [0.25, 0.3) is 0 Å². The van der Waals surface area contributed by atoms with Crippen molar-refractivity contribution in [3.8, 4) is 11.5 Å². The highest BCUT2D eigenvalue weighted by atomic mass is 32.2. The fourth-order valence-corrected chi connectivity index (χ4v) is 5.97. The van der Waals surface area contributed by atoms with Crippen LogP contribution in [-0.4, -0.2) is 45.9 Å². The molecule has 2 unspecified atom stereocenters. The maximum Gasteiger partial charge on any atom is 0.416 e. The number of aliphatic carboxylic acids is 2. The summed E-state index contributed by atoms with van der Waals surface area (Å²) in [6, 6.07) is 25.2. The van der Waals surface area contributed by atoms with E-state index in [0.29, 0.717) is 11.5 Å². The van der Waals surface area contributed by atoms with Crippen molar-refractivity contribution in [1.82, 2.24) is 0 Å². The van der Waals surface area contributed by atoms with Crippen molar-refractivity contribution in [2.24, 2.45) is 0 Å². The summed E-state index contributed by atoms with van der Waals surface area (Å²) in [5.74, 6) is -1.07. The molecule has 2 atom stereocenters. The molecule has 0 aliphatic heterocycles. The van der Waals surface area contributed by atoms with Gasteiger partial charge in [-0.05, 0) is 79.2 Å². The molecule has 0 amide bonds. The van der Waals surface area contributed by atoms with Crippen LogP contribution >= 0.6 is 23.5 Å². The number of halogens is 6. The van der Waals surface area contributed by atoms with Crippen LogP contribution in [0.5, 0.6) is 11.5 Å². The second kappa shape index (κ2) is 18.5. The van der Waals surface area contributed by atoms with Crippen molar-refractivity contribution in [3.63, 3.8) is 0 Å². The van der Waals surface area contributed by atoms with Crippen molar-refractivity contribution >= 4 is 35.5 Å². The number of carboxylic acid groups (broad SMARTS) is 2. The maximum atomic E-state index is 12.5. The van der Waals surface area contributed by atoms with Crippen LogP contribution in [0.25, 0.3) is 0 Å². The smallest absolute Gasteiger partial charge is 0.416 e. The number of hydrogen-bond acceptors (Lipinski definition) is 6. The Balaban J connectivity index is 0.000000266. The van der Waals surface area contributed by atoms with Crippen molar-refractivity contribution in [3.05, 3.63) is 120 Å². The Morgan fingerprint density at radius 1 is 0.612 bits per heavy atom. The minimum Gasteiger partial charge on any atom is -0.479 e. The lowest BCUT2D eigenvalue weighted by Gasteiger charge is -2.16. The van der Waals surface area contributed by atoms with Gasteiger partial charge < -0.3 is 19.7 Å². The average molecular weight is 727 g/mol. The van der Waals surface area contributed by atoms with Crippen LogP contribution in [0.2, 0.25) is 0 Å². The van der Waals surface area contributed by atoms with E-state index in [9.17, 15) is 46.1 Å². The quantitative estimate of drug-likeness (QED) is 0.0981. The van der Waals surface area contributed by atoms with E-state index in [0.717, 1.165) is 63.9 Å². The Kier molecular flexibility index (Phi) is 14.7. The highest BCUT2D eigenvalue weighted by Crippen LogP contribution is 2.32. The van der Waals surface area contributed by atoms with Crippen molar-refractivity contribution in [1.29, 1.82) is 0 Å². The van der Waals surface area contributed by atoms with Crippen LogP contribution in [0, 0.1) is 6.92 Å². The second-order valence-corrected chi connectivity index (χ2v) is 12.6. The second-order valence-electron chi connectivity index (χ2n) is 10.3. The summed E-state index contributed by atoms with van der Waals surface area (Å²) in [7, 11) is 0. The molecule has 6 nitrogen and oxygen atoms in total. The lowest BCUT2D eigenvalue weighted by molar-refractivity contribution is -0.146.